The summed E-state index contributed by atoms with van der Waals surface area (Å²) < 4.78 is 10.9. The highest BCUT2D eigenvalue weighted by atomic mass is 16.7. The highest BCUT2D eigenvalue weighted by molar-refractivity contribution is 5.28. The van der Waals surface area contributed by atoms with E-state index < -0.39 is 0 Å². The summed E-state index contributed by atoms with van der Waals surface area (Å²) in [6, 6.07) is 2.34. The summed E-state index contributed by atoms with van der Waals surface area (Å²) in [5.74, 6) is 1.32. The van der Waals surface area contributed by atoms with Crippen LogP contribution >= 0.6 is 0 Å². The van der Waals surface area contributed by atoms with Crippen molar-refractivity contribution in [2.24, 2.45) is 17.8 Å². The van der Waals surface area contributed by atoms with Crippen LogP contribution in [0.5, 0.6) is 0 Å². The molecule has 2 saturated carbocycles. The van der Waals surface area contributed by atoms with E-state index in [0.29, 0.717) is 36.3 Å². The van der Waals surface area contributed by atoms with Crippen LogP contribution in [0.2, 0.25) is 0 Å². The van der Waals surface area contributed by atoms with Crippen LogP contribution < -0.4 is 0 Å². The van der Waals surface area contributed by atoms with E-state index in [9.17, 15) is 0 Å². The average molecular weight is 149 g/mol. The molecule has 0 aromatic carbocycles. The van der Waals surface area contributed by atoms with Crippen molar-refractivity contribution in [1.29, 1.82) is 5.26 Å². The van der Waals surface area contributed by atoms with Gasteiger partial charge in [-0.2, -0.15) is 5.26 Å². The fraction of sp³-hybridized carbons (Fsp3) is 0.875. The molecule has 0 radical (unpaired) electrons. The lowest BCUT2D eigenvalue weighted by Crippen LogP contribution is -2.14. The van der Waals surface area contributed by atoms with Crippen LogP contribution in [0.4, 0.5) is 0 Å². The minimum absolute atomic E-state index is 0.252. The molecule has 2 heterocycles. The van der Waals surface area contributed by atoms with Gasteiger partial charge < -0.3 is 9.47 Å². The summed E-state index contributed by atoms with van der Waals surface area (Å²) >= 11 is 0. The highest BCUT2D eigenvalue weighted by Crippen LogP contribution is 2.67. The number of hydrogen-bond donors (Lipinski definition) is 0. The Kier molecular flexibility index (Phi) is 0.566. The zero-order chi connectivity index (χ0) is 7.16. The van der Waals surface area contributed by atoms with E-state index in [1.807, 2.05) is 0 Å². The van der Waals surface area contributed by atoms with Gasteiger partial charge in [-0.1, -0.05) is 0 Å². The van der Waals surface area contributed by atoms with Gasteiger partial charge in [0.05, 0.1) is 24.2 Å². The number of hydrogen-bond acceptors (Lipinski definition) is 3. The molecular formula is C8H7NO2. The van der Waals surface area contributed by atoms with Gasteiger partial charge in [0.15, 0.2) is 0 Å². The Labute approximate surface area is 63.9 Å². The standard InChI is InChI=1S/C8H7NO2/c9-1-2-3-4(2)6-8(11-6)7-5(3)10-7/h2-8H/t2?,3-,4-,5-,6+,7-,8-/m0/s1. The molecule has 0 aromatic heterocycles. The lowest BCUT2D eigenvalue weighted by atomic mass is 10.0. The zero-order valence-corrected chi connectivity index (χ0v) is 5.81. The first kappa shape index (κ1) is 5.13. The molecule has 4 aliphatic rings. The molecule has 2 saturated heterocycles. The van der Waals surface area contributed by atoms with E-state index in [1.54, 1.807) is 0 Å². The molecule has 4 rings (SSSR count). The van der Waals surface area contributed by atoms with Gasteiger partial charge in [-0.25, -0.2) is 0 Å². The van der Waals surface area contributed by atoms with Crippen molar-refractivity contribution in [3.8, 4) is 6.07 Å². The lowest BCUT2D eigenvalue weighted by molar-refractivity contribution is 0.286. The molecule has 56 valence electrons. The van der Waals surface area contributed by atoms with Crippen molar-refractivity contribution in [3.63, 3.8) is 0 Å². The monoisotopic (exact) mass is 149 g/mol. The minimum atomic E-state index is 0.252. The summed E-state index contributed by atoms with van der Waals surface area (Å²) in [4.78, 5) is 0. The molecule has 2 aliphatic carbocycles. The molecule has 2 aliphatic heterocycles. The van der Waals surface area contributed by atoms with Crippen LogP contribution in [0.25, 0.3) is 0 Å². The number of fused-ring (bicyclic) bond motifs is 6. The number of epoxide rings is 2. The molecule has 0 spiro atoms. The first-order valence-corrected chi connectivity index (χ1v) is 4.12. The van der Waals surface area contributed by atoms with E-state index in [-0.39, 0.29) is 5.92 Å². The summed E-state index contributed by atoms with van der Waals surface area (Å²) in [5.41, 5.74) is 0. The van der Waals surface area contributed by atoms with Crippen LogP contribution in [0.3, 0.4) is 0 Å². The second-order valence-corrected chi connectivity index (χ2v) is 3.94. The topological polar surface area (TPSA) is 48.9 Å². The highest BCUT2D eigenvalue weighted by Gasteiger charge is 2.79. The van der Waals surface area contributed by atoms with E-state index in [0.717, 1.165) is 0 Å². The Morgan fingerprint density at radius 2 is 1.45 bits per heavy atom. The quantitative estimate of drug-likeness (QED) is 0.452. The molecule has 3 nitrogen and oxygen atoms in total. The van der Waals surface area contributed by atoms with Crippen LogP contribution in [-0.2, 0) is 9.47 Å². The second-order valence-electron chi connectivity index (χ2n) is 3.94. The predicted molar refractivity (Wildman–Crippen MR) is 33.4 cm³/mol. The third-order valence-corrected chi connectivity index (χ3v) is 3.49. The van der Waals surface area contributed by atoms with E-state index in [1.165, 1.54) is 0 Å². The smallest absolute Gasteiger partial charge is 0.113 e. The number of nitrogens with zero attached hydrogens (tertiary/aromatic N) is 1. The van der Waals surface area contributed by atoms with Crippen LogP contribution in [0, 0.1) is 29.1 Å². The lowest BCUT2D eigenvalue weighted by Gasteiger charge is -1.93. The molecule has 1 unspecified atom stereocenters. The van der Waals surface area contributed by atoms with Crippen LogP contribution in [-0.4, -0.2) is 24.4 Å². The predicted octanol–water partition coefficient (Wildman–Crippen LogP) is -0.0794. The molecule has 0 N–H and O–H groups in total. The molecule has 11 heavy (non-hydrogen) atoms. The number of ether oxygens (including phenoxy) is 2. The maximum atomic E-state index is 8.75. The Morgan fingerprint density at radius 1 is 0.909 bits per heavy atom. The van der Waals surface area contributed by atoms with Crippen molar-refractivity contribution < 1.29 is 9.47 Å². The molecule has 3 heteroatoms. The summed E-state index contributed by atoms with van der Waals surface area (Å²) in [6.45, 7) is 0. The van der Waals surface area contributed by atoms with E-state index >= 15 is 0 Å². The van der Waals surface area contributed by atoms with Gasteiger partial charge in [-0.15, -0.1) is 0 Å². The third-order valence-electron chi connectivity index (χ3n) is 3.49. The van der Waals surface area contributed by atoms with E-state index in [2.05, 4.69) is 6.07 Å². The normalized spacial score (nSPS) is 73.5. The Hall–Kier alpha value is -0.590. The van der Waals surface area contributed by atoms with Crippen molar-refractivity contribution >= 4 is 0 Å². The van der Waals surface area contributed by atoms with Crippen LogP contribution in [0.1, 0.15) is 0 Å². The summed E-state index contributed by atoms with van der Waals surface area (Å²) in [5, 5.41) is 8.75. The van der Waals surface area contributed by atoms with E-state index in [4.69, 9.17) is 14.7 Å². The fourth-order valence-electron chi connectivity index (χ4n) is 2.80. The number of rotatable bonds is 0. The average Bonchev–Trinajstić information content (AvgIpc) is 2.86. The fourth-order valence-corrected chi connectivity index (χ4v) is 2.80. The first-order chi connectivity index (χ1) is 5.42. The maximum Gasteiger partial charge on any atom is 0.113 e. The van der Waals surface area contributed by atoms with Gasteiger partial charge in [0.2, 0.25) is 0 Å². The minimum Gasteiger partial charge on any atom is -0.366 e. The molecule has 7 atom stereocenters. The van der Waals surface area contributed by atoms with Gasteiger partial charge >= 0.3 is 0 Å². The first-order valence-electron chi connectivity index (χ1n) is 4.12. The molecule has 4 fully saturated rings. The van der Waals surface area contributed by atoms with Gasteiger partial charge in [0.1, 0.15) is 12.2 Å². The van der Waals surface area contributed by atoms with Crippen molar-refractivity contribution in [2.75, 3.05) is 0 Å². The van der Waals surface area contributed by atoms with Gasteiger partial charge in [0.25, 0.3) is 0 Å². The zero-order valence-electron chi connectivity index (χ0n) is 5.81. The Bertz CT molecular complexity index is 262. The van der Waals surface area contributed by atoms with Crippen molar-refractivity contribution in [3.05, 3.63) is 0 Å². The van der Waals surface area contributed by atoms with Crippen molar-refractivity contribution in [1.82, 2.24) is 0 Å². The van der Waals surface area contributed by atoms with Crippen LogP contribution in [0.15, 0.2) is 0 Å². The Balaban J connectivity index is 1.75. The van der Waals surface area contributed by atoms with Crippen molar-refractivity contribution in [2.45, 2.75) is 24.4 Å². The summed E-state index contributed by atoms with van der Waals surface area (Å²) in [6.07, 6.45) is 1.54. The maximum absolute atomic E-state index is 8.75. The molecule has 0 amide bonds. The largest absolute Gasteiger partial charge is 0.366 e. The SMILES string of the molecule is N#CC1[C@@H]2[C@@H]3O[C@@H]3[C@H]3O[C@@H]3[C@@H]12. The van der Waals surface area contributed by atoms with Gasteiger partial charge in [0, 0.05) is 11.8 Å². The number of nitriles is 1. The Morgan fingerprint density at radius 3 is 1.91 bits per heavy atom. The molecular weight excluding hydrogens is 142 g/mol. The second kappa shape index (κ2) is 1.21. The van der Waals surface area contributed by atoms with Gasteiger partial charge in [-0.3, -0.25) is 0 Å². The summed E-state index contributed by atoms with van der Waals surface area (Å²) in [7, 11) is 0. The molecule has 0 aromatic rings. The third kappa shape index (κ3) is 0.412. The molecule has 0 bridgehead atoms. The van der Waals surface area contributed by atoms with Gasteiger partial charge in [-0.05, 0) is 0 Å².